The first-order chi connectivity index (χ1) is 10.6. The van der Waals surface area contributed by atoms with Gasteiger partial charge in [0.15, 0.2) is 9.84 Å². The summed E-state index contributed by atoms with van der Waals surface area (Å²) in [6.45, 7) is 4.14. The smallest absolute Gasteiger partial charge is 0.150 e. The van der Waals surface area contributed by atoms with Crippen molar-refractivity contribution in [3.8, 4) is 0 Å². The summed E-state index contributed by atoms with van der Waals surface area (Å²) in [6, 6.07) is 11.2. The largest absolute Gasteiger partial charge is 0.314 e. The maximum Gasteiger partial charge on any atom is 0.150 e. The molecule has 122 valence electrons. The van der Waals surface area contributed by atoms with Crippen LogP contribution in [0.15, 0.2) is 30.3 Å². The Labute approximate surface area is 133 Å². The lowest BCUT2D eigenvalue weighted by atomic mass is 10.0. The molecule has 0 aliphatic carbocycles. The van der Waals surface area contributed by atoms with Gasteiger partial charge in [-0.25, -0.2) is 8.42 Å². The van der Waals surface area contributed by atoms with Crippen LogP contribution in [0.2, 0.25) is 0 Å². The van der Waals surface area contributed by atoms with Crippen molar-refractivity contribution in [2.24, 2.45) is 5.92 Å². The fourth-order valence-corrected chi connectivity index (χ4v) is 5.37. The maximum atomic E-state index is 11.5. The molecule has 1 aromatic carbocycles. The Morgan fingerprint density at radius 1 is 1.09 bits per heavy atom. The molecular formula is C17H26N2O2S. The van der Waals surface area contributed by atoms with Gasteiger partial charge >= 0.3 is 0 Å². The van der Waals surface area contributed by atoms with Crippen LogP contribution in [-0.4, -0.2) is 50.5 Å². The van der Waals surface area contributed by atoms with Gasteiger partial charge in [-0.3, -0.25) is 4.90 Å². The normalized spacial score (nSPS) is 26.3. The van der Waals surface area contributed by atoms with Crippen molar-refractivity contribution in [1.29, 1.82) is 0 Å². The molecule has 3 rings (SSSR count). The van der Waals surface area contributed by atoms with E-state index in [9.17, 15) is 8.42 Å². The third-order valence-corrected chi connectivity index (χ3v) is 6.70. The third-order valence-electron chi connectivity index (χ3n) is 4.86. The quantitative estimate of drug-likeness (QED) is 0.896. The number of nitrogens with zero attached hydrogens (tertiary/aromatic N) is 1. The molecule has 2 aliphatic heterocycles. The highest BCUT2D eigenvalue weighted by molar-refractivity contribution is 7.91. The first-order valence-electron chi connectivity index (χ1n) is 8.31. The van der Waals surface area contributed by atoms with Crippen LogP contribution in [0.1, 0.15) is 24.8 Å². The van der Waals surface area contributed by atoms with E-state index in [0.717, 1.165) is 45.4 Å². The second-order valence-corrected chi connectivity index (χ2v) is 8.94. The molecule has 4 nitrogen and oxygen atoms in total. The minimum Gasteiger partial charge on any atom is -0.314 e. The lowest BCUT2D eigenvalue weighted by molar-refractivity contribution is 0.188. The SMILES string of the molecule is O=S1(=O)CC[C@@H](CNC2CCN(Cc3ccccc3)CC2)C1. The minimum atomic E-state index is -2.74. The van der Waals surface area contributed by atoms with Crippen LogP contribution in [0.5, 0.6) is 0 Å². The van der Waals surface area contributed by atoms with E-state index in [1.54, 1.807) is 0 Å². The first-order valence-corrected chi connectivity index (χ1v) is 10.1. The molecule has 0 aromatic heterocycles. The summed E-state index contributed by atoms with van der Waals surface area (Å²) in [4.78, 5) is 2.51. The Hall–Kier alpha value is -0.910. The molecule has 2 saturated heterocycles. The van der Waals surface area contributed by atoms with Crippen molar-refractivity contribution in [3.63, 3.8) is 0 Å². The molecule has 0 amide bonds. The van der Waals surface area contributed by atoms with E-state index in [1.165, 1.54) is 5.56 Å². The summed E-state index contributed by atoms with van der Waals surface area (Å²) in [6.07, 6.45) is 3.15. The molecule has 0 unspecified atom stereocenters. The van der Waals surface area contributed by atoms with Gasteiger partial charge in [0.1, 0.15) is 0 Å². The fourth-order valence-electron chi connectivity index (χ4n) is 3.50. The van der Waals surface area contributed by atoms with Gasteiger partial charge in [0.2, 0.25) is 0 Å². The number of nitrogens with one attached hydrogen (secondary N) is 1. The molecule has 0 bridgehead atoms. The van der Waals surface area contributed by atoms with Crippen LogP contribution in [0.4, 0.5) is 0 Å². The lowest BCUT2D eigenvalue weighted by Gasteiger charge is -2.33. The number of hydrogen-bond donors (Lipinski definition) is 1. The molecular weight excluding hydrogens is 296 g/mol. The third kappa shape index (κ3) is 4.54. The summed E-state index contributed by atoms with van der Waals surface area (Å²) in [5, 5.41) is 3.59. The Balaban J connectivity index is 1.37. The highest BCUT2D eigenvalue weighted by Crippen LogP contribution is 2.19. The number of benzene rings is 1. The van der Waals surface area contributed by atoms with E-state index in [-0.39, 0.29) is 0 Å². The molecule has 2 fully saturated rings. The van der Waals surface area contributed by atoms with Gasteiger partial charge in [-0.2, -0.15) is 0 Å². The van der Waals surface area contributed by atoms with E-state index in [4.69, 9.17) is 0 Å². The van der Waals surface area contributed by atoms with Crippen molar-refractivity contribution in [2.75, 3.05) is 31.1 Å². The average Bonchev–Trinajstić information content (AvgIpc) is 2.87. The fraction of sp³-hybridized carbons (Fsp3) is 0.647. The predicted octanol–water partition coefficient (Wildman–Crippen LogP) is 1.68. The molecule has 0 radical (unpaired) electrons. The van der Waals surface area contributed by atoms with Gasteiger partial charge in [0.05, 0.1) is 11.5 Å². The standard InChI is InChI=1S/C17H26N2O2S/c20-22(21)11-8-16(14-22)12-18-17-6-9-19(10-7-17)13-15-4-2-1-3-5-15/h1-5,16-18H,6-14H2/t16-/m0/s1. The molecule has 0 spiro atoms. The number of rotatable bonds is 5. The Bertz CT molecular complexity index is 566. The molecule has 1 N–H and O–H groups in total. The van der Waals surface area contributed by atoms with Gasteiger partial charge in [0.25, 0.3) is 0 Å². The van der Waals surface area contributed by atoms with Crippen LogP contribution in [-0.2, 0) is 16.4 Å². The minimum absolute atomic E-state index is 0.326. The summed E-state index contributed by atoms with van der Waals surface area (Å²) in [7, 11) is -2.74. The molecule has 1 aromatic rings. The number of piperidine rings is 1. The van der Waals surface area contributed by atoms with Gasteiger partial charge in [-0.1, -0.05) is 30.3 Å². The monoisotopic (exact) mass is 322 g/mol. The van der Waals surface area contributed by atoms with E-state index < -0.39 is 9.84 Å². The average molecular weight is 322 g/mol. The molecule has 5 heteroatoms. The lowest BCUT2D eigenvalue weighted by Crippen LogP contribution is -2.43. The molecule has 2 heterocycles. The van der Waals surface area contributed by atoms with Crippen molar-refractivity contribution < 1.29 is 8.42 Å². The van der Waals surface area contributed by atoms with Gasteiger partial charge in [-0.05, 0) is 50.4 Å². The summed E-state index contributed by atoms with van der Waals surface area (Å²) < 4.78 is 22.9. The predicted molar refractivity (Wildman–Crippen MR) is 89.5 cm³/mol. The Morgan fingerprint density at radius 2 is 1.82 bits per heavy atom. The highest BCUT2D eigenvalue weighted by Gasteiger charge is 2.28. The van der Waals surface area contributed by atoms with E-state index in [2.05, 4.69) is 40.5 Å². The Kier molecular flexibility index (Phi) is 5.16. The zero-order valence-corrected chi connectivity index (χ0v) is 13.9. The Morgan fingerprint density at radius 3 is 2.45 bits per heavy atom. The van der Waals surface area contributed by atoms with Crippen molar-refractivity contribution in [2.45, 2.75) is 31.8 Å². The summed E-state index contributed by atoms with van der Waals surface area (Å²) >= 11 is 0. The van der Waals surface area contributed by atoms with Crippen molar-refractivity contribution in [1.82, 2.24) is 10.2 Å². The van der Waals surface area contributed by atoms with Crippen LogP contribution in [0, 0.1) is 5.92 Å². The van der Waals surface area contributed by atoms with Gasteiger partial charge < -0.3 is 5.32 Å². The van der Waals surface area contributed by atoms with E-state index in [0.29, 0.717) is 23.5 Å². The zero-order valence-electron chi connectivity index (χ0n) is 13.1. The van der Waals surface area contributed by atoms with Crippen LogP contribution >= 0.6 is 0 Å². The van der Waals surface area contributed by atoms with Gasteiger partial charge in [0, 0.05) is 12.6 Å². The maximum absolute atomic E-state index is 11.5. The zero-order chi connectivity index (χ0) is 15.4. The summed E-state index contributed by atoms with van der Waals surface area (Å²) in [5.74, 6) is 1.09. The topological polar surface area (TPSA) is 49.4 Å². The second-order valence-electron chi connectivity index (χ2n) is 6.71. The van der Waals surface area contributed by atoms with Crippen LogP contribution in [0.25, 0.3) is 0 Å². The first kappa shape index (κ1) is 16.0. The number of sulfone groups is 1. The molecule has 1 atom stereocenters. The number of likely N-dealkylation sites (tertiary alicyclic amines) is 1. The molecule has 2 aliphatic rings. The van der Waals surface area contributed by atoms with Gasteiger partial charge in [-0.15, -0.1) is 0 Å². The van der Waals surface area contributed by atoms with Crippen LogP contribution < -0.4 is 5.32 Å². The second kappa shape index (κ2) is 7.11. The highest BCUT2D eigenvalue weighted by atomic mass is 32.2. The van der Waals surface area contributed by atoms with E-state index in [1.807, 2.05) is 0 Å². The van der Waals surface area contributed by atoms with Crippen LogP contribution in [0.3, 0.4) is 0 Å². The van der Waals surface area contributed by atoms with E-state index >= 15 is 0 Å². The van der Waals surface area contributed by atoms with Crippen molar-refractivity contribution >= 4 is 9.84 Å². The number of hydrogen-bond acceptors (Lipinski definition) is 4. The molecule has 22 heavy (non-hydrogen) atoms. The molecule has 0 saturated carbocycles. The van der Waals surface area contributed by atoms with Crippen molar-refractivity contribution in [3.05, 3.63) is 35.9 Å². The summed E-state index contributed by atoms with van der Waals surface area (Å²) in [5.41, 5.74) is 1.38.